The van der Waals surface area contributed by atoms with Crippen molar-refractivity contribution in [2.75, 3.05) is 13.2 Å². The molecule has 0 fully saturated rings. The average Bonchev–Trinajstić information content (AvgIpc) is 2.74. The van der Waals surface area contributed by atoms with E-state index in [0.717, 1.165) is 32.4 Å². The molecule has 3 nitrogen and oxygen atoms in total. The van der Waals surface area contributed by atoms with E-state index in [1.54, 1.807) is 0 Å². The molecule has 4 heteroatoms. The van der Waals surface area contributed by atoms with Crippen molar-refractivity contribution < 1.29 is 9.53 Å². The van der Waals surface area contributed by atoms with Crippen LogP contribution in [-0.4, -0.2) is 19.1 Å². The van der Waals surface area contributed by atoms with Crippen molar-refractivity contribution in [3.05, 3.63) is 21.9 Å². The van der Waals surface area contributed by atoms with E-state index in [2.05, 4.69) is 24.4 Å². The molecule has 0 unspecified atom stereocenters. The number of esters is 1. The quantitative estimate of drug-likeness (QED) is 0.552. The number of carbonyl (C=O) groups excluding carboxylic acids is 1. The van der Waals surface area contributed by atoms with E-state index in [0.29, 0.717) is 13.0 Å². The fraction of sp³-hybridized carbons (Fsp3) is 0.643. The molecule has 1 rings (SSSR count). The number of nitrogens with one attached hydrogen (secondary N) is 1. The molecule has 0 saturated carbocycles. The Balaban J connectivity index is 1.91. The van der Waals surface area contributed by atoms with Crippen molar-refractivity contribution in [3.8, 4) is 0 Å². The predicted molar refractivity (Wildman–Crippen MR) is 75.9 cm³/mol. The molecule has 102 valence electrons. The van der Waals surface area contributed by atoms with E-state index >= 15 is 0 Å². The van der Waals surface area contributed by atoms with Crippen LogP contribution < -0.4 is 5.32 Å². The summed E-state index contributed by atoms with van der Waals surface area (Å²) >= 11 is 1.84. The summed E-state index contributed by atoms with van der Waals surface area (Å²) in [4.78, 5) is 13.8. The third-order valence-electron chi connectivity index (χ3n) is 2.64. The highest BCUT2D eigenvalue weighted by Gasteiger charge is 2.00. The maximum atomic E-state index is 11.1. The lowest BCUT2D eigenvalue weighted by Gasteiger charge is -2.03. The van der Waals surface area contributed by atoms with Crippen LogP contribution in [0.15, 0.2) is 12.1 Å². The van der Waals surface area contributed by atoms with Gasteiger partial charge >= 0.3 is 5.97 Å². The first kappa shape index (κ1) is 15.2. The van der Waals surface area contributed by atoms with Gasteiger partial charge in [0.1, 0.15) is 0 Å². The van der Waals surface area contributed by atoms with Gasteiger partial charge in [0, 0.05) is 22.7 Å². The van der Waals surface area contributed by atoms with Crippen molar-refractivity contribution in [2.45, 2.75) is 46.1 Å². The van der Waals surface area contributed by atoms with Gasteiger partial charge in [-0.1, -0.05) is 6.42 Å². The highest BCUT2D eigenvalue weighted by Crippen LogP contribution is 2.14. The summed E-state index contributed by atoms with van der Waals surface area (Å²) in [6, 6.07) is 4.33. The Morgan fingerprint density at radius 3 is 2.83 bits per heavy atom. The third kappa shape index (κ3) is 6.77. The summed E-state index contributed by atoms with van der Waals surface area (Å²) in [6.45, 7) is 6.43. The van der Waals surface area contributed by atoms with Gasteiger partial charge in [-0.05, 0) is 45.4 Å². The zero-order valence-electron chi connectivity index (χ0n) is 11.3. The Hall–Kier alpha value is -0.870. The Kier molecular flexibility index (Phi) is 7.69. The van der Waals surface area contributed by atoms with Crippen LogP contribution in [0.1, 0.15) is 42.4 Å². The molecule has 1 heterocycles. The first-order valence-electron chi connectivity index (χ1n) is 6.64. The molecule has 0 amide bonds. The van der Waals surface area contributed by atoms with Crippen LogP contribution in [0.2, 0.25) is 0 Å². The molecular weight excluding hydrogens is 246 g/mol. The summed E-state index contributed by atoms with van der Waals surface area (Å²) in [5.41, 5.74) is 0. The third-order valence-corrected chi connectivity index (χ3v) is 3.64. The number of thiophene rings is 1. The molecule has 0 aliphatic heterocycles. The van der Waals surface area contributed by atoms with Gasteiger partial charge in [-0.15, -0.1) is 11.3 Å². The predicted octanol–water partition coefficient (Wildman–Crippen LogP) is 3.27. The summed E-state index contributed by atoms with van der Waals surface area (Å²) in [6.07, 6.45) is 3.68. The Morgan fingerprint density at radius 1 is 1.33 bits per heavy atom. The lowest BCUT2D eigenvalue weighted by Crippen LogP contribution is -2.13. The topological polar surface area (TPSA) is 38.3 Å². The van der Waals surface area contributed by atoms with Crippen molar-refractivity contribution >= 4 is 17.3 Å². The minimum Gasteiger partial charge on any atom is -0.466 e. The second-order valence-electron chi connectivity index (χ2n) is 4.30. The molecule has 0 bridgehead atoms. The van der Waals surface area contributed by atoms with Crippen LogP contribution in [0, 0.1) is 6.92 Å². The molecule has 0 aliphatic rings. The number of rotatable bonds is 9. The molecule has 0 radical (unpaired) electrons. The zero-order valence-corrected chi connectivity index (χ0v) is 12.1. The zero-order chi connectivity index (χ0) is 13.2. The molecule has 1 aromatic heterocycles. The lowest BCUT2D eigenvalue weighted by atomic mass is 10.2. The molecule has 1 N–H and O–H groups in total. The SMILES string of the molecule is CCOC(=O)CCCCCNCc1ccc(C)s1. The normalized spacial score (nSPS) is 10.6. The molecule has 18 heavy (non-hydrogen) atoms. The Bertz CT molecular complexity index is 349. The van der Waals surface area contributed by atoms with Crippen LogP contribution in [-0.2, 0) is 16.1 Å². The van der Waals surface area contributed by atoms with Crippen LogP contribution in [0.25, 0.3) is 0 Å². The van der Waals surface area contributed by atoms with Crippen molar-refractivity contribution in [3.63, 3.8) is 0 Å². The maximum absolute atomic E-state index is 11.1. The van der Waals surface area contributed by atoms with Gasteiger partial charge in [-0.3, -0.25) is 4.79 Å². The van der Waals surface area contributed by atoms with Gasteiger partial charge < -0.3 is 10.1 Å². The lowest BCUT2D eigenvalue weighted by molar-refractivity contribution is -0.143. The number of carbonyl (C=O) groups is 1. The van der Waals surface area contributed by atoms with E-state index in [9.17, 15) is 4.79 Å². The largest absolute Gasteiger partial charge is 0.466 e. The number of aryl methyl sites for hydroxylation is 1. The average molecular weight is 269 g/mol. The van der Waals surface area contributed by atoms with E-state index in [1.807, 2.05) is 18.3 Å². The number of unbranched alkanes of at least 4 members (excludes halogenated alkanes) is 2. The number of hydrogen-bond acceptors (Lipinski definition) is 4. The van der Waals surface area contributed by atoms with Crippen LogP contribution in [0.3, 0.4) is 0 Å². The standard InChI is InChI=1S/C14H23NO2S/c1-3-17-14(16)7-5-4-6-10-15-11-13-9-8-12(2)18-13/h8-9,15H,3-7,10-11H2,1-2H3. The summed E-state index contributed by atoms with van der Waals surface area (Å²) in [5, 5.41) is 3.42. The summed E-state index contributed by atoms with van der Waals surface area (Å²) < 4.78 is 4.88. The van der Waals surface area contributed by atoms with Crippen LogP contribution >= 0.6 is 11.3 Å². The first-order chi connectivity index (χ1) is 8.72. The van der Waals surface area contributed by atoms with Gasteiger partial charge in [0.25, 0.3) is 0 Å². The van der Waals surface area contributed by atoms with Crippen molar-refractivity contribution in [2.24, 2.45) is 0 Å². The van der Waals surface area contributed by atoms with Gasteiger partial charge in [0.2, 0.25) is 0 Å². The van der Waals surface area contributed by atoms with Gasteiger partial charge in [0.05, 0.1) is 6.61 Å². The molecule has 0 atom stereocenters. The highest BCUT2D eigenvalue weighted by molar-refractivity contribution is 7.11. The van der Waals surface area contributed by atoms with Crippen molar-refractivity contribution in [1.29, 1.82) is 0 Å². The molecule has 0 aromatic carbocycles. The first-order valence-corrected chi connectivity index (χ1v) is 7.45. The second kappa shape index (κ2) is 9.11. The summed E-state index contributed by atoms with van der Waals surface area (Å²) in [7, 11) is 0. The van der Waals surface area contributed by atoms with Gasteiger partial charge in [0.15, 0.2) is 0 Å². The van der Waals surface area contributed by atoms with Crippen molar-refractivity contribution in [1.82, 2.24) is 5.32 Å². The van der Waals surface area contributed by atoms with E-state index in [4.69, 9.17) is 4.74 Å². The smallest absolute Gasteiger partial charge is 0.305 e. The molecule has 1 aromatic rings. The molecule has 0 aliphatic carbocycles. The van der Waals surface area contributed by atoms with E-state index < -0.39 is 0 Å². The molecule has 0 saturated heterocycles. The summed E-state index contributed by atoms with van der Waals surface area (Å²) in [5.74, 6) is -0.0699. The minimum atomic E-state index is -0.0699. The van der Waals surface area contributed by atoms with Crippen LogP contribution in [0.4, 0.5) is 0 Å². The highest BCUT2D eigenvalue weighted by atomic mass is 32.1. The second-order valence-corrected chi connectivity index (χ2v) is 5.68. The van der Waals surface area contributed by atoms with Gasteiger partial charge in [-0.2, -0.15) is 0 Å². The molecular formula is C14H23NO2S. The van der Waals surface area contributed by atoms with Crippen LogP contribution in [0.5, 0.6) is 0 Å². The number of ether oxygens (including phenoxy) is 1. The number of hydrogen-bond donors (Lipinski definition) is 1. The fourth-order valence-electron chi connectivity index (χ4n) is 1.72. The fourth-order valence-corrected chi connectivity index (χ4v) is 2.58. The Morgan fingerprint density at radius 2 is 2.17 bits per heavy atom. The van der Waals surface area contributed by atoms with Gasteiger partial charge in [-0.25, -0.2) is 0 Å². The van der Waals surface area contributed by atoms with E-state index in [1.165, 1.54) is 9.75 Å². The molecule has 0 spiro atoms. The maximum Gasteiger partial charge on any atom is 0.305 e. The Labute approximate surface area is 114 Å². The van der Waals surface area contributed by atoms with E-state index in [-0.39, 0.29) is 5.97 Å². The monoisotopic (exact) mass is 269 g/mol. The minimum absolute atomic E-state index is 0.0699.